The largest absolute Gasteiger partial charge is 0.423 e. The first-order chi connectivity index (χ1) is 11.2. The number of aromatic nitrogens is 2. The summed E-state index contributed by atoms with van der Waals surface area (Å²) in [6.45, 7) is 3.24. The Morgan fingerprint density at radius 2 is 2.22 bits per heavy atom. The minimum atomic E-state index is -0.295. The summed E-state index contributed by atoms with van der Waals surface area (Å²) in [6.07, 6.45) is 4.64. The molecule has 7 heteroatoms. The molecule has 1 fully saturated rings. The lowest BCUT2D eigenvalue weighted by Gasteiger charge is -2.33. The van der Waals surface area contributed by atoms with Gasteiger partial charge in [-0.1, -0.05) is 0 Å². The number of thiophene rings is 1. The minimum absolute atomic E-state index is 0.0496. The lowest BCUT2D eigenvalue weighted by Crippen LogP contribution is -2.43. The maximum atomic E-state index is 13.0. The highest BCUT2D eigenvalue weighted by Crippen LogP contribution is 2.32. The Kier molecular flexibility index (Phi) is 3.90. The first-order valence-corrected chi connectivity index (χ1v) is 8.84. The molecule has 3 heterocycles. The molecule has 1 atom stereocenters. The molecule has 1 aliphatic heterocycles. The molecule has 0 radical (unpaired) electrons. The standard InChI is InChI=1S/C16H19N3O3S/c1-10-17-18-15(22-10)12-9-21-7-6-19(12)16(20)14-8-11-4-2-3-5-13(11)23-14/h8,12H,2-7,9H2,1H3. The van der Waals surface area contributed by atoms with Gasteiger partial charge in [-0.3, -0.25) is 4.79 Å². The van der Waals surface area contributed by atoms with E-state index in [1.807, 2.05) is 4.90 Å². The number of ether oxygens (including phenoxy) is 1. The van der Waals surface area contributed by atoms with Crippen molar-refractivity contribution in [2.24, 2.45) is 0 Å². The van der Waals surface area contributed by atoms with Crippen LogP contribution in [0, 0.1) is 6.92 Å². The summed E-state index contributed by atoms with van der Waals surface area (Å²) in [7, 11) is 0. The molecule has 122 valence electrons. The molecule has 2 aromatic heterocycles. The predicted octanol–water partition coefficient (Wildman–Crippen LogP) is 2.53. The summed E-state index contributed by atoms with van der Waals surface area (Å²) in [5.41, 5.74) is 1.35. The van der Waals surface area contributed by atoms with Crippen LogP contribution in [0.25, 0.3) is 0 Å². The Bertz CT molecular complexity index is 700. The summed E-state index contributed by atoms with van der Waals surface area (Å²) >= 11 is 1.64. The van der Waals surface area contributed by atoms with Gasteiger partial charge in [0.15, 0.2) is 0 Å². The van der Waals surface area contributed by atoms with Crippen LogP contribution in [0.1, 0.15) is 50.8 Å². The molecule has 0 bridgehead atoms. The monoisotopic (exact) mass is 333 g/mol. The number of carbonyl (C=O) groups excluding carboxylic acids is 1. The van der Waals surface area contributed by atoms with Crippen LogP contribution < -0.4 is 0 Å². The van der Waals surface area contributed by atoms with Crippen molar-refractivity contribution in [3.8, 4) is 0 Å². The van der Waals surface area contributed by atoms with E-state index < -0.39 is 0 Å². The number of aryl methyl sites for hydroxylation is 3. The molecule has 1 saturated heterocycles. The Morgan fingerprint density at radius 3 is 3.00 bits per heavy atom. The van der Waals surface area contributed by atoms with Gasteiger partial charge in [0.1, 0.15) is 6.04 Å². The van der Waals surface area contributed by atoms with Crippen LogP contribution >= 0.6 is 11.3 Å². The summed E-state index contributed by atoms with van der Waals surface area (Å²) in [5, 5.41) is 7.95. The van der Waals surface area contributed by atoms with E-state index >= 15 is 0 Å². The molecule has 23 heavy (non-hydrogen) atoms. The third-order valence-corrected chi connectivity index (χ3v) is 5.65. The molecule has 1 aliphatic carbocycles. The Balaban J connectivity index is 1.61. The molecule has 1 amide bonds. The second-order valence-electron chi connectivity index (χ2n) is 6.01. The second-order valence-corrected chi connectivity index (χ2v) is 7.15. The number of morpholine rings is 1. The molecule has 0 aromatic carbocycles. The van der Waals surface area contributed by atoms with Crippen LogP contribution in [0.4, 0.5) is 0 Å². The normalized spacial score (nSPS) is 21.3. The zero-order chi connectivity index (χ0) is 15.8. The van der Waals surface area contributed by atoms with E-state index in [1.165, 1.54) is 23.3 Å². The first kappa shape index (κ1) is 14.8. The zero-order valence-electron chi connectivity index (χ0n) is 13.1. The van der Waals surface area contributed by atoms with Gasteiger partial charge >= 0.3 is 0 Å². The van der Waals surface area contributed by atoms with E-state index in [9.17, 15) is 4.79 Å². The molecular weight excluding hydrogens is 314 g/mol. The molecule has 0 spiro atoms. The van der Waals surface area contributed by atoms with Gasteiger partial charge in [-0.15, -0.1) is 21.5 Å². The quantitative estimate of drug-likeness (QED) is 0.845. The van der Waals surface area contributed by atoms with E-state index in [4.69, 9.17) is 9.15 Å². The Morgan fingerprint density at radius 1 is 1.35 bits per heavy atom. The van der Waals surface area contributed by atoms with E-state index in [0.29, 0.717) is 31.5 Å². The van der Waals surface area contributed by atoms with Gasteiger partial charge < -0.3 is 14.1 Å². The number of amides is 1. The number of nitrogens with zero attached hydrogens (tertiary/aromatic N) is 3. The topological polar surface area (TPSA) is 68.5 Å². The maximum absolute atomic E-state index is 13.0. The van der Waals surface area contributed by atoms with Crippen LogP contribution in [0.5, 0.6) is 0 Å². The average molecular weight is 333 g/mol. The van der Waals surface area contributed by atoms with Crippen molar-refractivity contribution in [1.82, 2.24) is 15.1 Å². The zero-order valence-corrected chi connectivity index (χ0v) is 13.9. The van der Waals surface area contributed by atoms with Crippen molar-refractivity contribution in [3.63, 3.8) is 0 Å². The fourth-order valence-electron chi connectivity index (χ4n) is 3.24. The van der Waals surface area contributed by atoms with Gasteiger partial charge in [0.2, 0.25) is 11.8 Å². The minimum Gasteiger partial charge on any atom is -0.423 e. The number of hydrogen-bond donors (Lipinski definition) is 0. The smallest absolute Gasteiger partial charge is 0.264 e. The molecule has 0 saturated carbocycles. The van der Waals surface area contributed by atoms with Gasteiger partial charge in [0, 0.05) is 18.3 Å². The fourth-order valence-corrected chi connectivity index (χ4v) is 4.45. The second kappa shape index (κ2) is 6.05. The fraction of sp³-hybridized carbons (Fsp3) is 0.562. The van der Waals surface area contributed by atoms with Crippen molar-refractivity contribution >= 4 is 17.2 Å². The Hall–Kier alpha value is -1.73. The van der Waals surface area contributed by atoms with Gasteiger partial charge in [-0.25, -0.2) is 0 Å². The highest BCUT2D eigenvalue weighted by molar-refractivity contribution is 7.14. The summed E-state index contributed by atoms with van der Waals surface area (Å²) < 4.78 is 11.1. The van der Waals surface area contributed by atoms with Gasteiger partial charge in [0.05, 0.1) is 18.1 Å². The van der Waals surface area contributed by atoms with Crippen molar-refractivity contribution < 1.29 is 13.9 Å². The van der Waals surface area contributed by atoms with Crippen LogP contribution in [0.3, 0.4) is 0 Å². The van der Waals surface area contributed by atoms with E-state index in [1.54, 1.807) is 18.3 Å². The summed E-state index contributed by atoms with van der Waals surface area (Å²) in [5.74, 6) is 1.01. The lowest BCUT2D eigenvalue weighted by molar-refractivity contribution is -0.0104. The van der Waals surface area contributed by atoms with Crippen molar-refractivity contribution in [3.05, 3.63) is 33.2 Å². The highest BCUT2D eigenvalue weighted by Gasteiger charge is 2.34. The molecule has 1 unspecified atom stereocenters. The number of carbonyl (C=O) groups is 1. The van der Waals surface area contributed by atoms with Crippen LogP contribution in [-0.4, -0.2) is 40.8 Å². The first-order valence-electron chi connectivity index (χ1n) is 8.02. The molecule has 2 aromatic rings. The molecule has 6 nitrogen and oxygen atoms in total. The van der Waals surface area contributed by atoms with E-state index in [2.05, 4.69) is 16.3 Å². The lowest BCUT2D eigenvalue weighted by atomic mass is 9.99. The number of fused-ring (bicyclic) bond motifs is 1. The summed E-state index contributed by atoms with van der Waals surface area (Å²) in [6, 6.07) is 1.78. The SMILES string of the molecule is Cc1nnc(C2COCCN2C(=O)c2cc3c(s2)CCCC3)o1. The molecule has 4 rings (SSSR count). The summed E-state index contributed by atoms with van der Waals surface area (Å²) in [4.78, 5) is 17.0. The van der Waals surface area contributed by atoms with Gasteiger partial charge in [0.25, 0.3) is 5.91 Å². The maximum Gasteiger partial charge on any atom is 0.264 e. The number of rotatable bonds is 2. The van der Waals surface area contributed by atoms with Crippen molar-refractivity contribution in [2.75, 3.05) is 19.8 Å². The van der Waals surface area contributed by atoms with E-state index in [-0.39, 0.29) is 11.9 Å². The average Bonchev–Trinajstić information content (AvgIpc) is 3.20. The van der Waals surface area contributed by atoms with Crippen molar-refractivity contribution in [1.29, 1.82) is 0 Å². The molecule has 2 aliphatic rings. The molecule has 0 N–H and O–H groups in total. The molecular formula is C16H19N3O3S. The van der Waals surface area contributed by atoms with Crippen LogP contribution in [0.2, 0.25) is 0 Å². The third-order valence-electron chi connectivity index (χ3n) is 4.42. The predicted molar refractivity (Wildman–Crippen MR) is 84.6 cm³/mol. The third kappa shape index (κ3) is 2.79. The van der Waals surface area contributed by atoms with Crippen LogP contribution in [0.15, 0.2) is 10.5 Å². The highest BCUT2D eigenvalue weighted by atomic mass is 32.1. The van der Waals surface area contributed by atoms with Crippen molar-refractivity contribution in [2.45, 2.75) is 38.6 Å². The Labute approximate surface area is 138 Å². The van der Waals surface area contributed by atoms with Crippen LogP contribution in [-0.2, 0) is 17.6 Å². The van der Waals surface area contributed by atoms with E-state index in [0.717, 1.165) is 17.7 Å². The number of hydrogen-bond acceptors (Lipinski definition) is 6. The van der Waals surface area contributed by atoms with Gasteiger partial charge in [-0.2, -0.15) is 0 Å². The van der Waals surface area contributed by atoms with Gasteiger partial charge in [-0.05, 0) is 37.3 Å².